The maximum Gasteiger partial charge on any atom is 0.315 e. The van der Waals surface area contributed by atoms with Crippen molar-refractivity contribution in [1.29, 1.82) is 0 Å². The summed E-state index contributed by atoms with van der Waals surface area (Å²) in [5.41, 5.74) is 0.406. The molecule has 0 saturated carbocycles. The van der Waals surface area contributed by atoms with Gasteiger partial charge in [-0.25, -0.2) is 13.6 Å². The number of hydrogen-bond donors (Lipinski definition) is 3. The zero-order valence-electron chi connectivity index (χ0n) is 13.3. The lowest BCUT2D eigenvalue weighted by Gasteiger charge is -2.26. The molecule has 5 nitrogen and oxygen atoms in total. The van der Waals surface area contributed by atoms with E-state index in [0.29, 0.717) is 18.8 Å². The Morgan fingerprint density at radius 2 is 1.92 bits per heavy atom. The maximum atomic E-state index is 13.6. The monoisotopic (exact) mass is 348 g/mol. The van der Waals surface area contributed by atoms with Gasteiger partial charge in [-0.05, 0) is 18.2 Å². The molecule has 1 aliphatic heterocycles. The molecule has 25 heavy (non-hydrogen) atoms. The van der Waals surface area contributed by atoms with Crippen LogP contribution in [0.1, 0.15) is 29.7 Å². The second kappa shape index (κ2) is 7.48. The first-order valence-electron chi connectivity index (χ1n) is 7.94. The summed E-state index contributed by atoms with van der Waals surface area (Å²) in [5.74, 6) is -0.992. The molecule has 3 rings (SSSR count). The van der Waals surface area contributed by atoms with Gasteiger partial charge in [0, 0.05) is 18.5 Å². The van der Waals surface area contributed by atoms with Crippen molar-refractivity contribution in [2.75, 3.05) is 13.2 Å². The van der Waals surface area contributed by atoms with Crippen LogP contribution in [0.15, 0.2) is 42.5 Å². The van der Waals surface area contributed by atoms with Crippen LogP contribution in [0.2, 0.25) is 0 Å². The third-order valence-corrected chi connectivity index (χ3v) is 4.05. The van der Waals surface area contributed by atoms with Gasteiger partial charge in [0.1, 0.15) is 23.5 Å². The van der Waals surface area contributed by atoms with Crippen LogP contribution in [0.4, 0.5) is 13.6 Å². The van der Waals surface area contributed by atoms with Crippen molar-refractivity contribution in [3.8, 4) is 5.75 Å². The van der Waals surface area contributed by atoms with Gasteiger partial charge < -0.3 is 20.5 Å². The summed E-state index contributed by atoms with van der Waals surface area (Å²) in [5, 5.41) is 15.2. The Bertz CT molecular complexity index is 749. The molecule has 2 atom stereocenters. The number of fused-ring (bicyclic) bond motifs is 1. The fourth-order valence-corrected chi connectivity index (χ4v) is 2.82. The van der Waals surface area contributed by atoms with Crippen LogP contribution < -0.4 is 15.4 Å². The summed E-state index contributed by atoms with van der Waals surface area (Å²) in [4.78, 5) is 12.1. The molecule has 7 heteroatoms. The summed E-state index contributed by atoms with van der Waals surface area (Å²) < 4.78 is 32.8. The molecule has 0 aromatic heterocycles. The third-order valence-electron chi connectivity index (χ3n) is 4.05. The maximum absolute atomic E-state index is 13.6. The topological polar surface area (TPSA) is 70.6 Å². The molecule has 0 fully saturated rings. The Labute approximate surface area is 143 Å². The number of aliphatic hydroxyl groups is 1. The lowest BCUT2D eigenvalue weighted by atomic mass is 10.0. The predicted molar refractivity (Wildman–Crippen MR) is 87.1 cm³/mol. The Balaban J connectivity index is 1.59. The first-order valence-corrected chi connectivity index (χ1v) is 7.94. The van der Waals surface area contributed by atoms with Crippen molar-refractivity contribution in [3.63, 3.8) is 0 Å². The van der Waals surface area contributed by atoms with E-state index >= 15 is 0 Å². The molecular formula is C18H18F2N2O3. The van der Waals surface area contributed by atoms with E-state index in [0.717, 1.165) is 17.7 Å². The van der Waals surface area contributed by atoms with E-state index in [4.69, 9.17) is 4.74 Å². The lowest BCUT2D eigenvalue weighted by Crippen LogP contribution is -2.41. The van der Waals surface area contributed by atoms with Crippen molar-refractivity contribution in [3.05, 3.63) is 65.2 Å². The quantitative estimate of drug-likeness (QED) is 0.796. The van der Waals surface area contributed by atoms with Crippen LogP contribution in [-0.4, -0.2) is 24.3 Å². The molecule has 0 spiro atoms. The van der Waals surface area contributed by atoms with Gasteiger partial charge >= 0.3 is 6.03 Å². The van der Waals surface area contributed by atoms with Gasteiger partial charge in [-0.1, -0.05) is 24.3 Å². The highest BCUT2D eigenvalue weighted by molar-refractivity contribution is 5.74. The zero-order valence-corrected chi connectivity index (χ0v) is 13.3. The second-order valence-electron chi connectivity index (χ2n) is 5.73. The lowest BCUT2D eigenvalue weighted by molar-refractivity contribution is 0.163. The molecule has 0 radical (unpaired) electrons. The van der Waals surface area contributed by atoms with Crippen LogP contribution in [0.5, 0.6) is 5.75 Å². The normalized spacial score (nSPS) is 17.2. The van der Waals surface area contributed by atoms with Gasteiger partial charge in [-0.2, -0.15) is 0 Å². The van der Waals surface area contributed by atoms with Gasteiger partial charge in [0.2, 0.25) is 0 Å². The average molecular weight is 348 g/mol. The van der Waals surface area contributed by atoms with Crippen molar-refractivity contribution >= 4 is 6.03 Å². The van der Waals surface area contributed by atoms with E-state index in [-0.39, 0.29) is 12.6 Å². The van der Waals surface area contributed by atoms with E-state index in [1.807, 2.05) is 24.3 Å². The SMILES string of the molecule is O=C(NCC(O)c1c(F)cccc1F)NC1CCOc2ccccc21. The van der Waals surface area contributed by atoms with Gasteiger partial charge in [0.25, 0.3) is 0 Å². The molecule has 2 aromatic rings. The highest BCUT2D eigenvalue weighted by Gasteiger charge is 2.23. The molecule has 1 aliphatic rings. The van der Waals surface area contributed by atoms with Crippen molar-refractivity contribution in [2.24, 2.45) is 0 Å². The number of para-hydroxylation sites is 1. The largest absolute Gasteiger partial charge is 0.493 e. The van der Waals surface area contributed by atoms with Gasteiger partial charge in [-0.15, -0.1) is 0 Å². The van der Waals surface area contributed by atoms with Crippen LogP contribution >= 0.6 is 0 Å². The molecule has 1 heterocycles. The number of halogens is 2. The summed E-state index contributed by atoms with van der Waals surface area (Å²) in [7, 11) is 0. The number of carbonyl (C=O) groups is 1. The minimum Gasteiger partial charge on any atom is -0.493 e. The van der Waals surface area contributed by atoms with Gasteiger partial charge in [0.15, 0.2) is 0 Å². The summed E-state index contributed by atoms with van der Waals surface area (Å²) in [6, 6.07) is 9.95. The molecule has 0 saturated heterocycles. The fraction of sp³-hybridized carbons (Fsp3) is 0.278. The van der Waals surface area contributed by atoms with Gasteiger partial charge in [0.05, 0.1) is 18.2 Å². The predicted octanol–water partition coefficient (Wildman–Crippen LogP) is 2.82. The highest BCUT2D eigenvalue weighted by Crippen LogP contribution is 2.31. The smallest absolute Gasteiger partial charge is 0.315 e. The number of benzene rings is 2. The van der Waals surface area contributed by atoms with E-state index in [2.05, 4.69) is 10.6 Å². The first kappa shape index (κ1) is 17.2. The summed E-state index contributed by atoms with van der Waals surface area (Å²) in [6.45, 7) is 0.166. The Morgan fingerprint density at radius 3 is 2.68 bits per heavy atom. The van der Waals surface area contributed by atoms with E-state index in [9.17, 15) is 18.7 Å². The van der Waals surface area contributed by atoms with Crippen molar-refractivity contribution in [1.82, 2.24) is 10.6 Å². The van der Waals surface area contributed by atoms with Gasteiger partial charge in [-0.3, -0.25) is 0 Å². The minimum atomic E-state index is -1.48. The molecule has 0 bridgehead atoms. The number of amides is 2. The average Bonchev–Trinajstić information content (AvgIpc) is 2.60. The van der Waals surface area contributed by atoms with Crippen LogP contribution in [0.25, 0.3) is 0 Å². The standard InChI is InChI=1S/C18H18F2N2O3/c19-12-5-3-6-13(20)17(12)15(23)10-21-18(24)22-14-8-9-25-16-7-2-1-4-11(14)16/h1-7,14-15,23H,8-10H2,(H2,21,22,24). The van der Waals surface area contributed by atoms with E-state index in [1.165, 1.54) is 6.07 Å². The Hall–Kier alpha value is -2.67. The Morgan fingerprint density at radius 1 is 1.20 bits per heavy atom. The summed E-state index contributed by atoms with van der Waals surface area (Å²) >= 11 is 0. The van der Waals surface area contributed by atoms with Crippen LogP contribution in [0, 0.1) is 11.6 Å². The number of urea groups is 1. The number of aliphatic hydroxyl groups excluding tert-OH is 1. The molecule has 2 aromatic carbocycles. The van der Waals surface area contributed by atoms with E-state index in [1.54, 1.807) is 0 Å². The number of carbonyl (C=O) groups excluding carboxylic acids is 1. The molecule has 132 valence electrons. The van der Waals surface area contributed by atoms with Crippen LogP contribution in [0.3, 0.4) is 0 Å². The zero-order chi connectivity index (χ0) is 17.8. The van der Waals surface area contributed by atoms with Crippen LogP contribution in [-0.2, 0) is 0 Å². The molecule has 2 unspecified atom stereocenters. The number of hydrogen-bond acceptors (Lipinski definition) is 3. The number of rotatable bonds is 4. The molecular weight excluding hydrogens is 330 g/mol. The fourth-order valence-electron chi connectivity index (χ4n) is 2.82. The highest BCUT2D eigenvalue weighted by atomic mass is 19.1. The number of ether oxygens (including phenoxy) is 1. The van der Waals surface area contributed by atoms with Crippen molar-refractivity contribution < 1.29 is 23.4 Å². The third kappa shape index (κ3) is 3.88. The summed E-state index contributed by atoms with van der Waals surface area (Å²) in [6.07, 6.45) is -0.872. The number of nitrogens with one attached hydrogen (secondary N) is 2. The Kier molecular flexibility index (Phi) is 5.14. The first-order chi connectivity index (χ1) is 12.1. The molecule has 3 N–H and O–H groups in total. The van der Waals surface area contributed by atoms with Crippen molar-refractivity contribution in [2.45, 2.75) is 18.6 Å². The molecule has 0 aliphatic carbocycles. The minimum absolute atomic E-state index is 0.229. The van der Waals surface area contributed by atoms with E-state index < -0.39 is 29.3 Å². The molecule has 2 amide bonds. The second-order valence-corrected chi connectivity index (χ2v) is 5.73.